The predicted molar refractivity (Wildman–Crippen MR) is 37.3 cm³/mol. The van der Waals surface area contributed by atoms with Crippen molar-refractivity contribution in [3.05, 3.63) is 0 Å². The van der Waals surface area contributed by atoms with Crippen LogP contribution in [0.2, 0.25) is 0 Å². The molecule has 5 heteroatoms. The number of hydrazone groups is 1. The fourth-order valence-corrected chi connectivity index (χ4v) is 0.324. The van der Waals surface area contributed by atoms with E-state index < -0.39 is 0 Å². The highest BCUT2D eigenvalue weighted by Crippen LogP contribution is 1.72. The molecule has 0 spiro atoms. The summed E-state index contributed by atoms with van der Waals surface area (Å²) in [6, 6.07) is 0. The van der Waals surface area contributed by atoms with Crippen molar-refractivity contribution in [2.45, 2.75) is 6.92 Å². The van der Waals surface area contributed by atoms with Gasteiger partial charge in [0.2, 0.25) is 0 Å². The van der Waals surface area contributed by atoms with E-state index in [9.17, 15) is 4.79 Å². The molecule has 0 aliphatic carbocycles. The zero-order valence-electron chi connectivity index (χ0n) is 6.05. The minimum atomic E-state index is -0.315. The first-order valence-corrected chi connectivity index (χ1v) is 2.74. The largest absolute Gasteiger partial charge is 0.364 e. The number of methoxy groups -OCH3 is 1. The van der Waals surface area contributed by atoms with Crippen LogP contribution in [0.5, 0.6) is 0 Å². The highest BCUT2D eigenvalue weighted by Gasteiger charge is 2.02. The molecule has 0 rings (SSSR count). The second-order valence-corrected chi connectivity index (χ2v) is 1.65. The number of amides is 1. The maximum absolute atomic E-state index is 10.7. The number of hydrogen-bond acceptors (Lipinski definition) is 4. The molecule has 0 fully saturated rings. The van der Waals surface area contributed by atoms with Crippen LogP contribution in [0, 0.1) is 0 Å². The molecule has 0 aromatic carbocycles. The molecule has 58 valence electrons. The van der Waals surface area contributed by atoms with E-state index in [2.05, 4.69) is 15.2 Å². The normalized spacial score (nSPS) is 11.2. The van der Waals surface area contributed by atoms with Gasteiger partial charge in [0.25, 0.3) is 5.91 Å². The van der Waals surface area contributed by atoms with E-state index in [1.54, 1.807) is 0 Å². The summed E-state index contributed by atoms with van der Waals surface area (Å²) in [7, 11) is 1.48. The van der Waals surface area contributed by atoms with E-state index in [0.29, 0.717) is 0 Å². The van der Waals surface area contributed by atoms with Crippen LogP contribution in [-0.4, -0.2) is 25.5 Å². The van der Waals surface area contributed by atoms with Crippen molar-refractivity contribution in [3.63, 3.8) is 0 Å². The summed E-state index contributed by atoms with van der Waals surface area (Å²) in [6.07, 6.45) is 0. The van der Waals surface area contributed by atoms with Crippen molar-refractivity contribution >= 4 is 11.6 Å². The van der Waals surface area contributed by atoms with Crippen LogP contribution in [-0.2, 0) is 9.53 Å². The summed E-state index contributed by atoms with van der Waals surface area (Å²) in [6.45, 7) is 1.69. The Hall–Kier alpha value is -1.10. The molecule has 0 radical (unpaired) electrons. The van der Waals surface area contributed by atoms with E-state index in [-0.39, 0.29) is 18.3 Å². The second-order valence-electron chi connectivity index (χ2n) is 1.65. The molecule has 10 heavy (non-hydrogen) atoms. The molecule has 0 atom stereocenters. The van der Waals surface area contributed by atoms with Crippen molar-refractivity contribution in [2.24, 2.45) is 10.9 Å². The predicted octanol–water partition coefficient (Wildman–Crippen LogP) is -0.959. The Balaban J connectivity index is 3.63. The summed E-state index contributed by atoms with van der Waals surface area (Å²) in [5, 5.41) is 5.60. The van der Waals surface area contributed by atoms with Crippen molar-refractivity contribution in [1.82, 2.24) is 5.32 Å². The lowest BCUT2D eigenvalue weighted by Gasteiger charge is -2.00. The maximum Gasteiger partial charge on any atom is 0.268 e. The van der Waals surface area contributed by atoms with Gasteiger partial charge < -0.3 is 15.9 Å². The SMILES string of the molecule is COCNC(=O)/C(C)=N/N. The number of carbonyl (C=O) groups excluding carboxylic acids is 1. The van der Waals surface area contributed by atoms with Crippen LogP contribution in [0.3, 0.4) is 0 Å². The Bertz CT molecular complexity index is 144. The van der Waals surface area contributed by atoms with Gasteiger partial charge in [-0.15, -0.1) is 0 Å². The van der Waals surface area contributed by atoms with Crippen LogP contribution >= 0.6 is 0 Å². The first-order chi connectivity index (χ1) is 4.72. The summed E-state index contributed by atoms with van der Waals surface area (Å²) in [4.78, 5) is 10.7. The van der Waals surface area contributed by atoms with Gasteiger partial charge in [-0.2, -0.15) is 5.10 Å². The fraction of sp³-hybridized carbons (Fsp3) is 0.600. The number of hydrogen-bond donors (Lipinski definition) is 2. The third kappa shape index (κ3) is 3.03. The summed E-state index contributed by atoms with van der Waals surface area (Å²) in [5.74, 6) is 4.52. The highest BCUT2D eigenvalue weighted by atomic mass is 16.5. The van der Waals surface area contributed by atoms with Crippen molar-refractivity contribution in [3.8, 4) is 0 Å². The van der Waals surface area contributed by atoms with Gasteiger partial charge in [-0.3, -0.25) is 4.79 Å². The standard InChI is InChI=1S/C5H11N3O2/c1-4(8-6)5(9)7-3-10-2/h3,6H2,1-2H3,(H,7,9)/b8-4+. The van der Waals surface area contributed by atoms with Crippen LogP contribution in [0.4, 0.5) is 0 Å². The smallest absolute Gasteiger partial charge is 0.268 e. The van der Waals surface area contributed by atoms with E-state index in [1.165, 1.54) is 14.0 Å². The van der Waals surface area contributed by atoms with Crippen LogP contribution < -0.4 is 11.2 Å². The minimum Gasteiger partial charge on any atom is -0.364 e. The summed E-state index contributed by atoms with van der Waals surface area (Å²) in [5.41, 5.74) is 0.233. The van der Waals surface area contributed by atoms with Crippen LogP contribution in [0.25, 0.3) is 0 Å². The first kappa shape index (κ1) is 8.90. The fourth-order valence-electron chi connectivity index (χ4n) is 0.324. The molecule has 0 aromatic rings. The molecule has 5 nitrogen and oxygen atoms in total. The Morgan fingerprint density at radius 1 is 1.80 bits per heavy atom. The van der Waals surface area contributed by atoms with Crippen LogP contribution in [0.15, 0.2) is 5.10 Å². The van der Waals surface area contributed by atoms with Crippen molar-refractivity contribution in [2.75, 3.05) is 13.8 Å². The molecule has 0 aromatic heterocycles. The third-order valence-electron chi connectivity index (χ3n) is 0.899. The Labute approximate surface area is 59.2 Å². The molecule has 0 saturated carbocycles. The second kappa shape index (κ2) is 4.75. The quantitative estimate of drug-likeness (QED) is 0.232. The van der Waals surface area contributed by atoms with E-state index >= 15 is 0 Å². The molecular formula is C5H11N3O2. The lowest BCUT2D eigenvalue weighted by atomic mass is 10.4. The van der Waals surface area contributed by atoms with Gasteiger partial charge >= 0.3 is 0 Å². The van der Waals surface area contributed by atoms with Crippen molar-refractivity contribution < 1.29 is 9.53 Å². The molecule has 0 saturated heterocycles. The molecular weight excluding hydrogens is 134 g/mol. The molecule has 0 aliphatic heterocycles. The van der Waals surface area contributed by atoms with Gasteiger partial charge in [0.15, 0.2) is 0 Å². The van der Waals surface area contributed by atoms with Crippen LogP contribution in [0.1, 0.15) is 6.92 Å². The van der Waals surface area contributed by atoms with E-state index in [0.717, 1.165) is 0 Å². The van der Waals surface area contributed by atoms with E-state index in [1.807, 2.05) is 0 Å². The first-order valence-electron chi connectivity index (χ1n) is 2.74. The van der Waals surface area contributed by atoms with Gasteiger partial charge in [-0.1, -0.05) is 0 Å². The maximum atomic E-state index is 10.7. The van der Waals surface area contributed by atoms with Crippen molar-refractivity contribution in [1.29, 1.82) is 0 Å². The molecule has 0 bridgehead atoms. The number of ether oxygens (including phenoxy) is 1. The Morgan fingerprint density at radius 3 is 2.80 bits per heavy atom. The Kier molecular flexibility index (Phi) is 4.23. The van der Waals surface area contributed by atoms with Gasteiger partial charge in [-0.05, 0) is 6.92 Å². The zero-order valence-corrected chi connectivity index (χ0v) is 6.05. The molecule has 0 heterocycles. The number of rotatable bonds is 3. The third-order valence-corrected chi connectivity index (χ3v) is 0.899. The number of nitrogens with one attached hydrogen (secondary N) is 1. The number of nitrogens with zero attached hydrogens (tertiary/aromatic N) is 1. The number of nitrogens with two attached hydrogens (primary N) is 1. The zero-order chi connectivity index (χ0) is 7.98. The van der Waals surface area contributed by atoms with E-state index in [4.69, 9.17) is 5.84 Å². The lowest BCUT2D eigenvalue weighted by Crippen LogP contribution is -2.31. The topological polar surface area (TPSA) is 76.7 Å². The Morgan fingerprint density at radius 2 is 2.40 bits per heavy atom. The molecule has 3 N–H and O–H groups in total. The molecule has 0 aliphatic rings. The average molecular weight is 145 g/mol. The van der Waals surface area contributed by atoms with Gasteiger partial charge in [-0.25, -0.2) is 0 Å². The summed E-state index contributed by atoms with van der Waals surface area (Å²) >= 11 is 0. The monoisotopic (exact) mass is 145 g/mol. The minimum absolute atomic E-state index is 0.172. The number of carbonyl (C=O) groups is 1. The summed E-state index contributed by atoms with van der Waals surface area (Å²) < 4.78 is 4.58. The van der Waals surface area contributed by atoms with Gasteiger partial charge in [0.1, 0.15) is 12.4 Å². The molecule has 1 amide bonds. The average Bonchev–Trinajstić information content (AvgIpc) is 1.98. The highest BCUT2D eigenvalue weighted by molar-refractivity contribution is 6.37. The molecule has 0 unspecified atom stereocenters. The van der Waals surface area contributed by atoms with Gasteiger partial charge in [0.05, 0.1) is 0 Å². The lowest BCUT2D eigenvalue weighted by molar-refractivity contribution is -0.116. The van der Waals surface area contributed by atoms with Gasteiger partial charge in [0, 0.05) is 7.11 Å².